The Kier molecular flexibility index (Phi) is 2.39. The van der Waals surface area contributed by atoms with Crippen molar-refractivity contribution in [1.29, 1.82) is 0 Å². The summed E-state index contributed by atoms with van der Waals surface area (Å²) in [5, 5.41) is 2.96. The molecule has 0 aromatic carbocycles. The van der Waals surface area contributed by atoms with Gasteiger partial charge in [-0.05, 0) is 23.9 Å². The van der Waals surface area contributed by atoms with Gasteiger partial charge in [-0.1, -0.05) is 6.07 Å². The zero-order valence-corrected chi connectivity index (χ0v) is 7.81. The van der Waals surface area contributed by atoms with Crippen LogP contribution in [0.5, 0.6) is 0 Å². The summed E-state index contributed by atoms with van der Waals surface area (Å²) in [6.45, 7) is 0. The van der Waals surface area contributed by atoms with Gasteiger partial charge in [0.05, 0.1) is 0 Å². The first-order valence-corrected chi connectivity index (χ1v) is 5.13. The van der Waals surface area contributed by atoms with Crippen molar-refractivity contribution >= 4 is 23.1 Å². The summed E-state index contributed by atoms with van der Waals surface area (Å²) < 4.78 is 1.04. The average Bonchev–Trinajstić information content (AvgIpc) is 2.59. The lowest BCUT2D eigenvalue weighted by Crippen LogP contribution is -1.75. The number of rotatable bonds is 2. The molecule has 0 radical (unpaired) electrons. The van der Waals surface area contributed by atoms with Crippen molar-refractivity contribution in [3.05, 3.63) is 36.0 Å². The maximum absolute atomic E-state index is 4.18. The molecule has 2 aromatic rings. The quantitative estimate of drug-likeness (QED) is 0.735. The smallest absolute Gasteiger partial charge is 0.156 e. The number of pyridine rings is 1. The van der Waals surface area contributed by atoms with E-state index in [2.05, 4.69) is 9.97 Å². The van der Waals surface area contributed by atoms with Crippen LogP contribution in [0.15, 0.2) is 45.3 Å². The summed E-state index contributed by atoms with van der Waals surface area (Å²) in [6.07, 6.45) is 3.59. The molecule has 0 bridgehead atoms. The molecule has 0 aliphatic rings. The van der Waals surface area contributed by atoms with Crippen LogP contribution in [-0.2, 0) is 0 Å². The predicted molar refractivity (Wildman–Crippen MR) is 50.5 cm³/mol. The highest BCUT2D eigenvalue weighted by atomic mass is 32.2. The first kappa shape index (κ1) is 7.76. The summed E-state index contributed by atoms with van der Waals surface area (Å²) >= 11 is 3.22. The number of hydrogen-bond donors (Lipinski definition) is 0. The molecule has 0 saturated heterocycles. The first-order valence-electron chi connectivity index (χ1n) is 3.43. The van der Waals surface area contributed by atoms with Gasteiger partial charge < -0.3 is 0 Å². The minimum Gasteiger partial charge on any atom is -0.250 e. The second-order valence-electron chi connectivity index (χ2n) is 2.07. The van der Waals surface area contributed by atoms with Gasteiger partial charge in [0.1, 0.15) is 5.03 Å². The minimum atomic E-state index is 0.993. The molecule has 60 valence electrons. The van der Waals surface area contributed by atoms with Crippen LogP contribution >= 0.6 is 23.1 Å². The Balaban J connectivity index is 2.15. The van der Waals surface area contributed by atoms with E-state index in [1.807, 2.05) is 23.6 Å². The Hall–Kier alpha value is -0.870. The Bertz CT molecular complexity index is 331. The molecule has 2 aromatic heterocycles. The predicted octanol–water partition coefficient (Wildman–Crippen LogP) is 2.69. The molecular weight excluding hydrogens is 188 g/mol. The second-order valence-corrected chi connectivity index (χ2v) is 4.23. The van der Waals surface area contributed by atoms with E-state index in [0.717, 1.165) is 9.37 Å². The Morgan fingerprint density at radius 1 is 1.17 bits per heavy atom. The van der Waals surface area contributed by atoms with Crippen LogP contribution in [0.3, 0.4) is 0 Å². The van der Waals surface area contributed by atoms with E-state index >= 15 is 0 Å². The lowest BCUT2D eigenvalue weighted by molar-refractivity contribution is 1.12. The average molecular weight is 194 g/mol. The number of hydrogen-bond acceptors (Lipinski definition) is 4. The molecule has 0 aliphatic heterocycles. The Labute approximate surface area is 78.7 Å². The Morgan fingerprint density at radius 2 is 2.17 bits per heavy atom. The fourth-order valence-corrected chi connectivity index (χ4v) is 2.29. The first-order chi connectivity index (χ1) is 5.95. The third-order valence-corrected chi connectivity index (χ3v) is 3.07. The molecular formula is C8H6N2S2. The molecule has 0 saturated carbocycles. The molecule has 0 N–H and O–H groups in total. The lowest BCUT2D eigenvalue weighted by atomic mass is 10.5. The van der Waals surface area contributed by atoms with E-state index in [4.69, 9.17) is 0 Å². The normalized spacial score (nSPS) is 10.0. The fourth-order valence-electron chi connectivity index (χ4n) is 0.758. The zero-order chi connectivity index (χ0) is 8.23. The van der Waals surface area contributed by atoms with Crippen LogP contribution in [0.1, 0.15) is 0 Å². The largest absolute Gasteiger partial charge is 0.250 e. The molecule has 12 heavy (non-hydrogen) atoms. The second kappa shape index (κ2) is 3.69. The van der Waals surface area contributed by atoms with Gasteiger partial charge in [-0.2, -0.15) is 0 Å². The number of thiazole rings is 1. The monoisotopic (exact) mass is 194 g/mol. The fraction of sp³-hybridized carbons (Fsp3) is 0. The van der Waals surface area contributed by atoms with E-state index in [0.29, 0.717) is 0 Å². The molecule has 2 heterocycles. The Morgan fingerprint density at radius 3 is 2.83 bits per heavy atom. The van der Waals surface area contributed by atoms with Gasteiger partial charge >= 0.3 is 0 Å². The van der Waals surface area contributed by atoms with E-state index in [1.165, 1.54) is 0 Å². The molecule has 0 fully saturated rings. The van der Waals surface area contributed by atoms with E-state index in [9.17, 15) is 0 Å². The van der Waals surface area contributed by atoms with E-state index in [-0.39, 0.29) is 0 Å². The van der Waals surface area contributed by atoms with E-state index < -0.39 is 0 Å². The summed E-state index contributed by atoms with van der Waals surface area (Å²) in [5.41, 5.74) is 0. The van der Waals surface area contributed by atoms with Gasteiger partial charge in [0, 0.05) is 17.8 Å². The van der Waals surface area contributed by atoms with Gasteiger partial charge in [0.15, 0.2) is 4.34 Å². The highest BCUT2D eigenvalue weighted by molar-refractivity contribution is 8.00. The van der Waals surface area contributed by atoms with Crippen LogP contribution in [0.25, 0.3) is 0 Å². The van der Waals surface area contributed by atoms with Gasteiger partial charge in [-0.3, -0.25) is 0 Å². The van der Waals surface area contributed by atoms with Crippen LogP contribution in [0, 0.1) is 0 Å². The highest BCUT2D eigenvalue weighted by Crippen LogP contribution is 2.26. The van der Waals surface area contributed by atoms with Crippen molar-refractivity contribution in [2.45, 2.75) is 9.37 Å². The maximum atomic E-state index is 4.18. The number of aromatic nitrogens is 2. The molecule has 0 amide bonds. The van der Waals surface area contributed by atoms with Gasteiger partial charge in [-0.25, -0.2) is 9.97 Å². The van der Waals surface area contributed by atoms with Crippen LogP contribution in [0.2, 0.25) is 0 Å². The van der Waals surface area contributed by atoms with Crippen molar-refractivity contribution in [3.63, 3.8) is 0 Å². The van der Waals surface area contributed by atoms with Crippen LogP contribution in [-0.4, -0.2) is 9.97 Å². The van der Waals surface area contributed by atoms with E-state index in [1.54, 1.807) is 35.5 Å². The van der Waals surface area contributed by atoms with Gasteiger partial charge in [0.25, 0.3) is 0 Å². The number of nitrogens with zero attached hydrogens (tertiary/aromatic N) is 2. The van der Waals surface area contributed by atoms with Crippen molar-refractivity contribution < 1.29 is 0 Å². The van der Waals surface area contributed by atoms with Crippen LogP contribution < -0.4 is 0 Å². The summed E-state index contributed by atoms with van der Waals surface area (Å²) in [4.78, 5) is 8.34. The van der Waals surface area contributed by atoms with Crippen molar-refractivity contribution in [1.82, 2.24) is 9.97 Å². The third-order valence-electron chi connectivity index (χ3n) is 1.24. The van der Waals surface area contributed by atoms with Gasteiger partial charge in [-0.15, -0.1) is 11.3 Å². The lowest BCUT2D eigenvalue weighted by Gasteiger charge is -1.93. The summed E-state index contributed by atoms with van der Waals surface area (Å²) in [5.74, 6) is 0. The molecule has 2 nitrogen and oxygen atoms in total. The minimum absolute atomic E-state index is 0.993. The summed E-state index contributed by atoms with van der Waals surface area (Å²) in [6, 6.07) is 5.86. The van der Waals surface area contributed by atoms with Gasteiger partial charge in [0.2, 0.25) is 0 Å². The zero-order valence-electron chi connectivity index (χ0n) is 6.18. The topological polar surface area (TPSA) is 25.8 Å². The molecule has 2 rings (SSSR count). The standard InChI is InChI=1S/C8H6N2S2/c1-2-4-9-7(3-1)12-8-10-5-6-11-8/h1-6H. The molecule has 0 spiro atoms. The SMILES string of the molecule is c1ccc(Sc2nccs2)nc1. The third kappa shape index (κ3) is 1.84. The van der Waals surface area contributed by atoms with Crippen LogP contribution in [0.4, 0.5) is 0 Å². The molecule has 4 heteroatoms. The van der Waals surface area contributed by atoms with Crippen molar-refractivity contribution in [2.24, 2.45) is 0 Å². The van der Waals surface area contributed by atoms with Crippen molar-refractivity contribution in [3.8, 4) is 0 Å². The molecule has 0 atom stereocenters. The highest BCUT2D eigenvalue weighted by Gasteiger charge is 1.98. The summed E-state index contributed by atoms with van der Waals surface area (Å²) in [7, 11) is 0. The molecule has 0 aliphatic carbocycles. The van der Waals surface area contributed by atoms with Crippen molar-refractivity contribution in [2.75, 3.05) is 0 Å². The maximum Gasteiger partial charge on any atom is 0.156 e. The molecule has 0 unspecified atom stereocenters.